The summed E-state index contributed by atoms with van der Waals surface area (Å²) in [5.74, 6) is -0.473. The molecule has 0 radical (unpaired) electrons. The fourth-order valence-corrected chi connectivity index (χ4v) is 6.79. The van der Waals surface area contributed by atoms with Crippen LogP contribution in [-0.4, -0.2) is 34.7 Å². The van der Waals surface area contributed by atoms with Gasteiger partial charge in [-0.15, -0.1) is 0 Å². The average Bonchev–Trinajstić information content (AvgIpc) is 3.44. The molecule has 0 unspecified atom stereocenters. The lowest BCUT2D eigenvalue weighted by Crippen LogP contribution is -2.58. The summed E-state index contributed by atoms with van der Waals surface area (Å²) in [6.45, 7) is 0.920. The van der Waals surface area contributed by atoms with Gasteiger partial charge in [-0.2, -0.15) is 0 Å². The van der Waals surface area contributed by atoms with E-state index in [2.05, 4.69) is 5.32 Å². The van der Waals surface area contributed by atoms with E-state index in [0.29, 0.717) is 28.8 Å². The molecule has 1 saturated heterocycles. The minimum atomic E-state index is -1.13. The van der Waals surface area contributed by atoms with E-state index in [-0.39, 0.29) is 17.6 Å². The number of Topliss-reactive ketones (excluding diaryl/α,β-unsaturated/α-hetero) is 1. The summed E-state index contributed by atoms with van der Waals surface area (Å²) in [6.07, 6.45) is 1.91. The van der Waals surface area contributed by atoms with E-state index in [9.17, 15) is 9.59 Å². The zero-order valence-electron chi connectivity index (χ0n) is 16.7. The molecule has 7 heteroatoms. The molecule has 5 nitrogen and oxygen atoms in total. The van der Waals surface area contributed by atoms with Crippen LogP contribution >= 0.6 is 23.2 Å². The van der Waals surface area contributed by atoms with E-state index in [1.165, 1.54) is 0 Å². The van der Waals surface area contributed by atoms with Crippen LogP contribution in [0.1, 0.15) is 27.5 Å². The summed E-state index contributed by atoms with van der Waals surface area (Å²) < 4.78 is 1.97. The standard InChI is InChI=1S/C24H19Cl2N3O2/c1-28-12-17(15-9-8-14(25)11-18(15)26)23(13-29-10-4-7-20(29)21(23)30)24(28)16-5-2-3-6-19(16)27-22(24)31/h2-11,17H,12-13H2,1H3,(H,27,31)/t17-,23+,24+/m0/s1. The van der Waals surface area contributed by atoms with Crippen molar-refractivity contribution in [2.24, 2.45) is 5.41 Å². The monoisotopic (exact) mass is 451 g/mol. The minimum Gasteiger partial charge on any atom is -0.344 e. The van der Waals surface area contributed by atoms with E-state index in [0.717, 1.165) is 16.8 Å². The second kappa shape index (κ2) is 6.22. The van der Waals surface area contributed by atoms with E-state index in [4.69, 9.17) is 23.2 Å². The number of benzene rings is 2. The number of para-hydroxylation sites is 1. The lowest BCUT2D eigenvalue weighted by molar-refractivity contribution is -0.130. The molecule has 1 amide bonds. The Morgan fingerprint density at radius 1 is 1.06 bits per heavy atom. The number of carbonyl (C=O) groups is 2. The van der Waals surface area contributed by atoms with Crippen molar-refractivity contribution in [3.8, 4) is 0 Å². The maximum atomic E-state index is 14.2. The molecule has 4 heterocycles. The number of nitrogens with zero attached hydrogens (tertiary/aromatic N) is 2. The molecule has 6 rings (SSSR count). The summed E-state index contributed by atoms with van der Waals surface area (Å²) in [7, 11) is 1.92. The SMILES string of the molecule is CN1C[C@@H](c2ccc(Cl)cc2Cl)[C@@]2(Cn3cccc3C2=O)[C@@]12C(=O)Nc1ccccc12. The fraction of sp³-hybridized carbons (Fsp3) is 0.250. The van der Waals surface area contributed by atoms with Crippen LogP contribution in [0.2, 0.25) is 10.0 Å². The zero-order valence-corrected chi connectivity index (χ0v) is 18.2. The number of likely N-dealkylation sites (N-methyl/N-ethyl adjacent to an activating group) is 1. The van der Waals surface area contributed by atoms with E-state index >= 15 is 0 Å². The zero-order chi connectivity index (χ0) is 21.5. The number of hydrogen-bond donors (Lipinski definition) is 1. The molecule has 0 aliphatic carbocycles. The molecule has 1 fully saturated rings. The molecule has 0 bridgehead atoms. The van der Waals surface area contributed by atoms with Crippen molar-refractivity contribution in [1.82, 2.24) is 9.47 Å². The van der Waals surface area contributed by atoms with Crippen molar-refractivity contribution in [2.75, 3.05) is 18.9 Å². The van der Waals surface area contributed by atoms with Gasteiger partial charge in [0, 0.05) is 46.5 Å². The third kappa shape index (κ3) is 2.12. The summed E-state index contributed by atoms with van der Waals surface area (Å²) >= 11 is 12.8. The number of fused-ring (bicyclic) bond motifs is 4. The highest BCUT2D eigenvalue weighted by Crippen LogP contribution is 2.65. The fourth-order valence-electron chi connectivity index (χ4n) is 6.25. The lowest BCUT2D eigenvalue weighted by Gasteiger charge is -2.43. The van der Waals surface area contributed by atoms with Gasteiger partial charge in [-0.3, -0.25) is 14.5 Å². The molecule has 156 valence electrons. The van der Waals surface area contributed by atoms with E-state index < -0.39 is 11.0 Å². The Morgan fingerprint density at radius 2 is 1.87 bits per heavy atom. The van der Waals surface area contributed by atoms with Crippen LogP contribution in [0.25, 0.3) is 0 Å². The Labute approximate surface area is 189 Å². The Hall–Kier alpha value is -2.60. The number of halogens is 2. The first-order chi connectivity index (χ1) is 14.9. The molecule has 1 N–H and O–H groups in total. The van der Waals surface area contributed by atoms with Crippen molar-refractivity contribution >= 4 is 40.6 Å². The Kier molecular flexibility index (Phi) is 3.84. The van der Waals surface area contributed by atoms with Crippen LogP contribution in [-0.2, 0) is 16.9 Å². The first kappa shape index (κ1) is 19.1. The quantitative estimate of drug-likeness (QED) is 0.590. The normalized spacial score (nSPS) is 29.1. The van der Waals surface area contributed by atoms with Gasteiger partial charge in [0.2, 0.25) is 0 Å². The molecule has 31 heavy (non-hydrogen) atoms. The number of likely N-dealkylation sites (tertiary alicyclic amines) is 1. The van der Waals surface area contributed by atoms with Crippen LogP contribution in [0.15, 0.2) is 60.8 Å². The van der Waals surface area contributed by atoms with Gasteiger partial charge in [-0.05, 0) is 42.9 Å². The number of aromatic nitrogens is 1. The van der Waals surface area contributed by atoms with Crippen molar-refractivity contribution in [3.63, 3.8) is 0 Å². The highest BCUT2D eigenvalue weighted by molar-refractivity contribution is 6.35. The number of carbonyl (C=O) groups excluding carboxylic acids is 2. The maximum Gasteiger partial charge on any atom is 0.250 e. The third-order valence-corrected chi connectivity index (χ3v) is 7.95. The highest BCUT2D eigenvalue weighted by atomic mass is 35.5. The Bertz CT molecular complexity index is 1290. The van der Waals surface area contributed by atoms with Gasteiger partial charge in [0.05, 0.1) is 11.1 Å². The number of ketones is 1. The third-order valence-electron chi connectivity index (χ3n) is 7.39. The minimum absolute atomic E-state index is 0.0234. The molecule has 1 aromatic heterocycles. The van der Waals surface area contributed by atoms with Crippen LogP contribution < -0.4 is 5.32 Å². The van der Waals surface area contributed by atoms with Gasteiger partial charge in [0.25, 0.3) is 5.91 Å². The molecule has 3 atom stereocenters. The lowest BCUT2D eigenvalue weighted by atomic mass is 9.59. The van der Waals surface area contributed by atoms with Gasteiger partial charge in [-0.1, -0.05) is 47.5 Å². The van der Waals surface area contributed by atoms with E-state index in [1.54, 1.807) is 12.1 Å². The molecule has 0 saturated carbocycles. The van der Waals surface area contributed by atoms with Crippen LogP contribution in [0.3, 0.4) is 0 Å². The number of hydrogen-bond acceptors (Lipinski definition) is 3. The number of anilines is 1. The van der Waals surface area contributed by atoms with Gasteiger partial charge >= 0.3 is 0 Å². The number of rotatable bonds is 1. The highest BCUT2D eigenvalue weighted by Gasteiger charge is 2.75. The van der Waals surface area contributed by atoms with Crippen molar-refractivity contribution in [3.05, 3.63) is 87.7 Å². The average molecular weight is 452 g/mol. The van der Waals surface area contributed by atoms with Crippen LogP contribution in [0.4, 0.5) is 5.69 Å². The Morgan fingerprint density at radius 3 is 2.65 bits per heavy atom. The summed E-state index contributed by atoms with van der Waals surface area (Å²) in [4.78, 5) is 30.0. The molecular weight excluding hydrogens is 433 g/mol. The smallest absolute Gasteiger partial charge is 0.250 e. The molecule has 3 aromatic rings. The van der Waals surface area contributed by atoms with Crippen LogP contribution in [0, 0.1) is 5.41 Å². The van der Waals surface area contributed by atoms with Crippen LogP contribution in [0.5, 0.6) is 0 Å². The summed E-state index contributed by atoms with van der Waals surface area (Å²) in [5.41, 5.74) is 0.896. The predicted octanol–water partition coefficient (Wildman–Crippen LogP) is 4.55. The molecule has 2 spiro atoms. The van der Waals surface area contributed by atoms with Gasteiger partial charge in [-0.25, -0.2) is 0 Å². The number of amides is 1. The predicted molar refractivity (Wildman–Crippen MR) is 120 cm³/mol. The van der Waals surface area contributed by atoms with Crippen molar-refractivity contribution < 1.29 is 9.59 Å². The van der Waals surface area contributed by atoms with Gasteiger partial charge < -0.3 is 9.88 Å². The van der Waals surface area contributed by atoms with Crippen molar-refractivity contribution in [1.29, 1.82) is 0 Å². The second-order valence-electron chi connectivity index (χ2n) is 8.63. The van der Waals surface area contributed by atoms with Gasteiger partial charge in [0.15, 0.2) is 5.78 Å². The number of nitrogens with one attached hydrogen (secondary N) is 1. The van der Waals surface area contributed by atoms with E-state index in [1.807, 2.05) is 65.2 Å². The summed E-state index contributed by atoms with van der Waals surface area (Å²) in [6, 6.07) is 16.8. The topological polar surface area (TPSA) is 54.3 Å². The van der Waals surface area contributed by atoms with Crippen molar-refractivity contribution in [2.45, 2.75) is 18.0 Å². The first-order valence-electron chi connectivity index (χ1n) is 10.2. The molecule has 3 aliphatic rings. The maximum absolute atomic E-state index is 14.2. The Balaban J connectivity index is 1.68. The second-order valence-corrected chi connectivity index (χ2v) is 9.47. The first-order valence-corrected chi connectivity index (χ1v) is 10.9. The molecule has 2 aromatic carbocycles. The molecular formula is C24H19Cl2N3O2. The summed E-state index contributed by atoms with van der Waals surface area (Å²) in [5, 5.41) is 4.10. The largest absolute Gasteiger partial charge is 0.344 e. The molecule has 3 aliphatic heterocycles. The van der Waals surface area contributed by atoms with Gasteiger partial charge in [0.1, 0.15) is 5.54 Å².